The molecule has 1 N–H and O–H groups in total. The van der Waals surface area contributed by atoms with Gasteiger partial charge in [-0.1, -0.05) is 42.0 Å². The van der Waals surface area contributed by atoms with Gasteiger partial charge in [-0.2, -0.15) is 23.1 Å². The first-order valence-electron chi connectivity index (χ1n) is 10.5. The molecule has 0 bridgehead atoms. The molecule has 0 radical (unpaired) electrons. The number of aliphatic hydroxyl groups is 1. The Kier molecular flexibility index (Phi) is 4.86. The van der Waals surface area contributed by atoms with Gasteiger partial charge in [0, 0.05) is 35.9 Å². The molecule has 0 unspecified atom stereocenters. The second-order valence-electron chi connectivity index (χ2n) is 8.28. The summed E-state index contributed by atoms with van der Waals surface area (Å²) >= 11 is 0. The van der Waals surface area contributed by atoms with E-state index in [4.69, 9.17) is 0 Å². The molecule has 33 heavy (non-hydrogen) atoms. The lowest BCUT2D eigenvalue weighted by molar-refractivity contribution is -0.246. The maximum absolute atomic E-state index is 14.2. The zero-order valence-corrected chi connectivity index (χ0v) is 18.0. The molecule has 1 aliphatic carbocycles. The zero-order chi connectivity index (χ0) is 23.4. The molecule has 0 fully saturated rings. The summed E-state index contributed by atoms with van der Waals surface area (Å²) in [4.78, 5) is 1.40. The summed E-state index contributed by atoms with van der Waals surface area (Å²) in [5, 5.41) is 27.3. The van der Waals surface area contributed by atoms with Gasteiger partial charge in [0.2, 0.25) is 5.60 Å². The predicted molar refractivity (Wildman–Crippen MR) is 114 cm³/mol. The van der Waals surface area contributed by atoms with Crippen molar-refractivity contribution in [3.8, 4) is 22.3 Å². The molecule has 2 aromatic heterocycles. The number of hydrogen-bond donors (Lipinski definition) is 1. The van der Waals surface area contributed by atoms with Gasteiger partial charge in [0.05, 0.1) is 13.2 Å². The van der Waals surface area contributed by atoms with Crippen LogP contribution in [-0.4, -0.2) is 41.3 Å². The standard InChI is InChI=1S/C23H21F3N6O/c1-14-10-17(15-12-27-32(13-15)9-5-8-20-28-30-31(2)29-20)21-16-6-3-4-7-18(16)22(33,19(21)11-14)23(24,25)26/h3-4,6-7,10-13,33H,5,8-9H2,1-2H3/t22-/m1/s1. The molecule has 5 rings (SSSR count). The monoisotopic (exact) mass is 454 g/mol. The van der Waals surface area contributed by atoms with Crippen molar-refractivity contribution in [1.29, 1.82) is 0 Å². The van der Waals surface area contributed by atoms with E-state index < -0.39 is 11.8 Å². The van der Waals surface area contributed by atoms with Crippen LogP contribution >= 0.6 is 0 Å². The summed E-state index contributed by atoms with van der Waals surface area (Å²) in [6, 6.07) is 9.41. The lowest BCUT2D eigenvalue weighted by Gasteiger charge is -2.28. The van der Waals surface area contributed by atoms with E-state index in [0.29, 0.717) is 46.6 Å². The Hall–Kier alpha value is -3.53. The highest BCUT2D eigenvalue weighted by molar-refractivity contribution is 5.92. The van der Waals surface area contributed by atoms with Gasteiger partial charge in [-0.3, -0.25) is 4.68 Å². The Morgan fingerprint density at radius 1 is 1.09 bits per heavy atom. The van der Waals surface area contributed by atoms with Crippen LogP contribution in [0, 0.1) is 6.92 Å². The van der Waals surface area contributed by atoms with Crippen molar-refractivity contribution < 1.29 is 18.3 Å². The van der Waals surface area contributed by atoms with E-state index in [9.17, 15) is 18.3 Å². The van der Waals surface area contributed by atoms with Crippen LogP contribution in [0.1, 0.15) is 28.9 Å². The molecule has 2 heterocycles. The maximum Gasteiger partial charge on any atom is 0.425 e. The number of aromatic nitrogens is 6. The number of rotatable bonds is 5. The molecule has 1 atom stereocenters. The summed E-state index contributed by atoms with van der Waals surface area (Å²) in [5.41, 5.74) is -0.660. The number of tetrazole rings is 1. The Morgan fingerprint density at radius 3 is 2.61 bits per heavy atom. The lowest BCUT2D eigenvalue weighted by atomic mass is 9.88. The third-order valence-electron chi connectivity index (χ3n) is 5.95. The van der Waals surface area contributed by atoms with Crippen molar-refractivity contribution >= 4 is 0 Å². The minimum atomic E-state index is -4.86. The van der Waals surface area contributed by atoms with Gasteiger partial charge in [0.1, 0.15) is 0 Å². The Morgan fingerprint density at radius 2 is 1.88 bits per heavy atom. The summed E-state index contributed by atoms with van der Waals surface area (Å²) < 4.78 is 44.3. The summed E-state index contributed by atoms with van der Waals surface area (Å²) in [6.45, 7) is 2.32. The molecule has 0 amide bonds. The van der Waals surface area contributed by atoms with Crippen molar-refractivity contribution in [3.63, 3.8) is 0 Å². The van der Waals surface area contributed by atoms with Gasteiger partial charge in [-0.25, -0.2) is 0 Å². The van der Waals surface area contributed by atoms with Crippen molar-refractivity contribution in [2.75, 3.05) is 0 Å². The van der Waals surface area contributed by atoms with Gasteiger partial charge in [-0.05, 0) is 35.2 Å². The maximum atomic E-state index is 14.2. The first-order chi connectivity index (χ1) is 15.7. The van der Waals surface area contributed by atoms with Crippen LogP contribution < -0.4 is 0 Å². The number of nitrogens with zero attached hydrogens (tertiary/aromatic N) is 6. The molecular weight excluding hydrogens is 433 g/mol. The van der Waals surface area contributed by atoms with E-state index in [0.717, 1.165) is 6.42 Å². The SMILES string of the molecule is Cc1cc(-c2cnn(CCCc3nnn(C)n3)c2)c2c(c1)[C@@](O)(C(F)(F)F)c1ccccc1-2. The minimum Gasteiger partial charge on any atom is -0.372 e. The van der Waals surface area contributed by atoms with Crippen LogP contribution in [0.3, 0.4) is 0 Å². The fourth-order valence-corrected chi connectivity index (χ4v) is 4.50. The summed E-state index contributed by atoms with van der Waals surface area (Å²) in [7, 11) is 1.70. The normalized spacial score (nSPS) is 17.3. The van der Waals surface area contributed by atoms with Crippen LogP contribution in [0.15, 0.2) is 48.8 Å². The molecule has 0 aliphatic heterocycles. The van der Waals surface area contributed by atoms with Gasteiger partial charge in [0.25, 0.3) is 0 Å². The molecule has 0 saturated carbocycles. The Bertz CT molecular complexity index is 1340. The van der Waals surface area contributed by atoms with Gasteiger partial charge < -0.3 is 5.11 Å². The largest absolute Gasteiger partial charge is 0.425 e. The van der Waals surface area contributed by atoms with E-state index in [1.165, 1.54) is 23.0 Å². The number of benzene rings is 2. The first-order valence-corrected chi connectivity index (χ1v) is 10.5. The summed E-state index contributed by atoms with van der Waals surface area (Å²) in [5.74, 6) is 0.643. The van der Waals surface area contributed by atoms with E-state index in [1.807, 2.05) is 12.3 Å². The predicted octanol–water partition coefficient (Wildman–Crippen LogP) is 3.79. The number of alkyl halides is 3. The topological polar surface area (TPSA) is 81.7 Å². The van der Waals surface area contributed by atoms with Gasteiger partial charge in [-0.15, -0.1) is 10.2 Å². The van der Waals surface area contributed by atoms with E-state index in [2.05, 4.69) is 20.5 Å². The number of hydrogen-bond acceptors (Lipinski definition) is 5. The third kappa shape index (κ3) is 3.41. The van der Waals surface area contributed by atoms with Crippen molar-refractivity contribution in [2.24, 2.45) is 7.05 Å². The average Bonchev–Trinajstić information content (AvgIpc) is 3.46. The van der Waals surface area contributed by atoms with Crippen LogP contribution in [0.5, 0.6) is 0 Å². The van der Waals surface area contributed by atoms with Gasteiger partial charge in [0.15, 0.2) is 5.82 Å². The van der Waals surface area contributed by atoms with Crippen LogP contribution in [0.4, 0.5) is 13.2 Å². The van der Waals surface area contributed by atoms with Crippen molar-refractivity contribution in [1.82, 2.24) is 30.0 Å². The van der Waals surface area contributed by atoms with Crippen molar-refractivity contribution in [3.05, 3.63) is 71.3 Å². The van der Waals surface area contributed by atoms with Crippen LogP contribution in [0.25, 0.3) is 22.3 Å². The van der Waals surface area contributed by atoms with E-state index in [1.54, 1.807) is 37.0 Å². The highest BCUT2D eigenvalue weighted by atomic mass is 19.4. The molecule has 1 aliphatic rings. The van der Waals surface area contributed by atoms with E-state index in [-0.39, 0.29) is 11.1 Å². The number of halogens is 3. The number of aryl methyl sites for hydroxylation is 4. The molecule has 2 aromatic carbocycles. The summed E-state index contributed by atoms with van der Waals surface area (Å²) in [6.07, 6.45) is -0.0435. The van der Waals surface area contributed by atoms with Crippen LogP contribution in [-0.2, 0) is 25.6 Å². The van der Waals surface area contributed by atoms with Gasteiger partial charge >= 0.3 is 6.18 Å². The zero-order valence-electron chi connectivity index (χ0n) is 18.0. The fourth-order valence-electron chi connectivity index (χ4n) is 4.50. The van der Waals surface area contributed by atoms with Crippen LogP contribution in [0.2, 0.25) is 0 Å². The average molecular weight is 454 g/mol. The molecule has 4 aromatic rings. The second-order valence-corrected chi connectivity index (χ2v) is 8.28. The quantitative estimate of drug-likeness (QED) is 0.496. The highest BCUT2D eigenvalue weighted by Gasteiger charge is 2.61. The molecule has 10 heteroatoms. The fraction of sp³-hybridized carbons (Fsp3) is 0.304. The molecule has 7 nitrogen and oxygen atoms in total. The molecular formula is C23H21F3N6O. The molecule has 0 spiro atoms. The Balaban J connectivity index is 1.53. The first kappa shape index (κ1) is 21.3. The van der Waals surface area contributed by atoms with E-state index >= 15 is 0 Å². The molecule has 0 saturated heterocycles. The number of fused-ring (bicyclic) bond motifs is 3. The van der Waals surface area contributed by atoms with Crippen molar-refractivity contribution in [2.45, 2.75) is 38.1 Å². The lowest BCUT2D eigenvalue weighted by Crippen LogP contribution is -2.41. The minimum absolute atomic E-state index is 0.146. The third-order valence-corrected chi connectivity index (χ3v) is 5.95. The highest BCUT2D eigenvalue weighted by Crippen LogP contribution is 2.57. The second kappa shape index (κ2) is 7.51. The smallest absolute Gasteiger partial charge is 0.372 e. The Labute approximate surface area is 187 Å². The molecule has 170 valence electrons.